The summed E-state index contributed by atoms with van der Waals surface area (Å²) in [5.74, 6) is 0.834. The molecular weight excluding hydrogens is 268 g/mol. The number of methoxy groups -OCH3 is 1. The molecule has 1 aromatic heterocycles. The van der Waals surface area contributed by atoms with Crippen LogP contribution in [0.1, 0.15) is 24.2 Å². The Morgan fingerprint density at radius 3 is 2.69 bits per heavy atom. The second-order valence-electron chi connectivity index (χ2n) is 3.98. The van der Waals surface area contributed by atoms with Crippen molar-refractivity contribution >= 4 is 26.8 Å². The van der Waals surface area contributed by atoms with Gasteiger partial charge in [-0.25, -0.2) is 0 Å². The molecule has 4 heteroatoms. The normalized spacial score (nSPS) is 13.1. The second-order valence-corrected chi connectivity index (χ2v) is 4.84. The van der Waals surface area contributed by atoms with Crippen molar-refractivity contribution in [3.63, 3.8) is 0 Å². The molecule has 0 amide bonds. The summed E-state index contributed by atoms with van der Waals surface area (Å²) in [6.45, 7) is 4.03. The summed E-state index contributed by atoms with van der Waals surface area (Å²) >= 11 is 3.53. The number of nitrogens with two attached hydrogens (primary N) is 1. The lowest BCUT2D eigenvalue weighted by Gasteiger charge is -2.07. The Labute approximate surface area is 103 Å². The van der Waals surface area contributed by atoms with Gasteiger partial charge in [-0.3, -0.25) is 0 Å². The van der Waals surface area contributed by atoms with Gasteiger partial charge in [-0.1, -0.05) is 0 Å². The van der Waals surface area contributed by atoms with Crippen molar-refractivity contribution in [3.8, 4) is 5.75 Å². The fourth-order valence-electron chi connectivity index (χ4n) is 2.08. The highest BCUT2D eigenvalue weighted by molar-refractivity contribution is 9.10. The Morgan fingerprint density at radius 2 is 2.12 bits per heavy atom. The van der Waals surface area contributed by atoms with E-state index in [-0.39, 0.29) is 6.04 Å². The number of hydrogen-bond acceptors (Lipinski definition) is 2. The van der Waals surface area contributed by atoms with Crippen molar-refractivity contribution in [3.05, 3.63) is 27.9 Å². The first-order valence-corrected chi connectivity index (χ1v) is 5.95. The maximum atomic E-state index is 5.99. The van der Waals surface area contributed by atoms with Crippen molar-refractivity contribution in [1.82, 2.24) is 4.98 Å². The van der Waals surface area contributed by atoms with Gasteiger partial charge >= 0.3 is 0 Å². The summed E-state index contributed by atoms with van der Waals surface area (Å²) in [4.78, 5) is 3.35. The third-order valence-corrected chi connectivity index (χ3v) is 3.39. The lowest BCUT2D eigenvalue weighted by Crippen LogP contribution is -2.05. The van der Waals surface area contributed by atoms with Gasteiger partial charge in [0.2, 0.25) is 0 Å². The second kappa shape index (κ2) is 4.11. The third-order valence-electron chi connectivity index (χ3n) is 2.76. The molecule has 86 valence electrons. The Hall–Kier alpha value is -1.00. The van der Waals surface area contributed by atoms with E-state index in [1.165, 1.54) is 0 Å². The summed E-state index contributed by atoms with van der Waals surface area (Å²) in [5, 5.41) is 1.12. The van der Waals surface area contributed by atoms with Crippen molar-refractivity contribution in [2.24, 2.45) is 5.73 Å². The van der Waals surface area contributed by atoms with E-state index in [9.17, 15) is 0 Å². The minimum atomic E-state index is 0.00718. The lowest BCUT2D eigenvalue weighted by molar-refractivity contribution is 0.415. The number of nitrogens with one attached hydrogen (secondary N) is 1. The number of ether oxygens (including phenoxy) is 1. The van der Waals surface area contributed by atoms with Crippen LogP contribution >= 0.6 is 15.9 Å². The number of benzene rings is 1. The highest BCUT2D eigenvalue weighted by Crippen LogP contribution is 2.34. The topological polar surface area (TPSA) is 51.0 Å². The first kappa shape index (κ1) is 11.5. The molecule has 0 aliphatic rings. The van der Waals surface area contributed by atoms with Crippen LogP contribution in [0.5, 0.6) is 5.75 Å². The van der Waals surface area contributed by atoms with Gasteiger partial charge in [-0.05, 0) is 47.5 Å². The van der Waals surface area contributed by atoms with Gasteiger partial charge in [0.25, 0.3) is 0 Å². The molecule has 16 heavy (non-hydrogen) atoms. The van der Waals surface area contributed by atoms with E-state index in [1.54, 1.807) is 7.11 Å². The molecule has 0 radical (unpaired) electrons. The van der Waals surface area contributed by atoms with Crippen molar-refractivity contribution in [2.45, 2.75) is 19.9 Å². The number of H-pyrrole nitrogens is 1. The maximum absolute atomic E-state index is 5.99. The van der Waals surface area contributed by atoms with E-state index in [4.69, 9.17) is 10.5 Å². The number of aromatic amines is 1. The molecule has 0 bridgehead atoms. The van der Waals surface area contributed by atoms with E-state index in [1.807, 2.05) is 26.0 Å². The first-order chi connectivity index (χ1) is 7.54. The van der Waals surface area contributed by atoms with Gasteiger partial charge in [-0.15, -0.1) is 0 Å². The number of aryl methyl sites for hydroxylation is 1. The molecule has 1 atom stereocenters. The van der Waals surface area contributed by atoms with Crippen LogP contribution in [0, 0.1) is 6.92 Å². The van der Waals surface area contributed by atoms with Gasteiger partial charge in [0.1, 0.15) is 5.75 Å². The predicted octanol–water partition coefficient (Wildman–Crippen LogP) is 3.27. The zero-order chi connectivity index (χ0) is 11.9. The van der Waals surface area contributed by atoms with Crippen molar-refractivity contribution in [2.75, 3.05) is 7.11 Å². The average molecular weight is 283 g/mol. The molecule has 0 spiro atoms. The number of hydrogen-bond donors (Lipinski definition) is 2. The summed E-state index contributed by atoms with van der Waals surface area (Å²) in [6.07, 6.45) is 0. The molecule has 0 saturated heterocycles. The molecule has 2 rings (SSSR count). The molecule has 1 unspecified atom stereocenters. The Bertz CT molecular complexity index is 531. The molecular formula is C12H15BrN2O. The minimum Gasteiger partial charge on any atom is -0.497 e. The third kappa shape index (κ3) is 1.72. The molecule has 3 N–H and O–H groups in total. The van der Waals surface area contributed by atoms with Crippen LogP contribution in [0.2, 0.25) is 0 Å². The summed E-state index contributed by atoms with van der Waals surface area (Å²) in [5.41, 5.74) is 9.32. The first-order valence-electron chi connectivity index (χ1n) is 5.16. The van der Waals surface area contributed by atoms with Crippen LogP contribution in [-0.4, -0.2) is 12.1 Å². The van der Waals surface area contributed by atoms with Crippen LogP contribution in [0.4, 0.5) is 0 Å². The molecule has 1 aromatic carbocycles. The Kier molecular flexibility index (Phi) is 2.95. The Balaban J connectivity index is 2.81. The van der Waals surface area contributed by atoms with E-state index < -0.39 is 0 Å². The lowest BCUT2D eigenvalue weighted by atomic mass is 10.1. The molecule has 2 aromatic rings. The molecule has 3 nitrogen and oxygen atoms in total. The summed E-state index contributed by atoms with van der Waals surface area (Å²) in [6, 6.07) is 3.97. The van der Waals surface area contributed by atoms with Crippen molar-refractivity contribution in [1.29, 1.82) is 0 Å². The predicted molar refractivity (Wildman–Crippen MR) is 69.9 cm³/mol. The van der Waals surface area contributed by atoms with Crippen LogP contribution in [0.3, 0.4) is 0 Å². The zero-order valence-corrected chi connectivity index (χ0v) is 11.2. The van der Waals surface area contributed by atoms with Gasteiger partial charge in [-0.2, -0.15) is 0 Å². The standard InChI is InChI=1S/C12H15BrN2O/c1-6(14)11-7(2)15-12-9(11)4-8(16-3)5-10(12)13/h4-6,15H,14H2,1-3H3. The highest BCUT2D eigenvalue weighted by atomic mass is 79.9. The number of aromatic nitrogens is 1. The molecule has 0 saturated carbocycles. The number of halogens is 1. The van der Waals surface area contributed by atoms with Crippen LogP contribution in [-0.2, 0) is 0 Å². The Morgan fingerprint density at radius 1 is 1.44 bits per heavy atom. The number of fused-ring (bicyclic) bond motifs is 1. The molecule has 1 heterocycles. The van der Waals surface area contributed by atoms with E-state index >= 15 is 0 Å². The fourth-order valence-corrected chi connectivity index (χ4v) is 2.62. The van der Waals surface area contributed by atoms with Crippen LogP contribution in [0.25, 0.3) is 10.9 Å². The fraction of sp³-hybridized carbons (Fsp3) is 0.333. The summed E-state index contributed by atoms with van der Waals surface area (Å²) in [7, 11) is 1.67. The van der Waals surface area contributed by atoms with Gasteiger partial charge in [0.05, 0.1) is 12.6 Å². The average Bonchev–Trinajstić information content (AvgIpc) is 2.54. The van der Waals surface area contributed by atoms with Gasteiger partial charge < -0.3 is 15.5 Å². The zero-order valence-electron chi connectivity index (χ0n) is 9.60. The quantitative estimate of drug-likeness (QED) is 0.888. The maximum Gasteiger partial charge on any atom is 0.120 e. The van der Waals surface area contributed by atoms with Gasteiger partial charge in [0, 0.05) is 21.6 Å². The SMILES string of the molecule is COc1cc(Br)c2[nH]c(C)c(C(C)N)c2c1. The van der Waals surface area contributed by atoms with Crippen LogP contribution in [0.15, 0.2) is 16.6 Å². The highest BCUT2D eigenvalue weighted by Gasteiger charge is 2.14. The van der Waals surface area contributed by atoms with E-state index in [2.05, 4.69) is 20.9 Å². The smallest absolute Gasteiger partial charge is 0.120 e. The monoisotopic (exact) mass is 282 g/mol. The molecule has 0 fully saturated rings. The number of rotatable bonds is 2. The molecule has 0 aliphatic carbocycles. The minimum absolute atomic E-state index is 0.00718. The van der Waals surface area contributed by atoms with Crippen LogP contribution < -0.4 is 10.5 Å². The van der Waals surface area contributed by atoms with E-state index in [0.29, 0.717) is 0 Å². The largest absolute Gasteiger partial charge is 0.497 e. The molecule has 0 aliphatic heterocycles. The van der Waals surface area contributed by atoms with Crippen molar-refractivity contribution < 1.29 is 4.74 Å². The van der Waals surface area contributed by atoms with E-state index in [0.717, 1.165) is 32.4 Å². The van der Waals surface area contributed by atoms with Gasteiger partial charge in [0.15, 0.2) is 0 Å². The summed E-state index contributed by atoms with van der Waals surface area (Å²) < 4.78 is 6.26.